The van der Waals surface area contributed by atoms with Crippen LogP contribution >= 0.6 is 23.5 Å². The number of aliphatic hydroxyl groups excluding tert-OH is 1. The first-order valence-corrected chi connectivity index (χ1v) is 12.5. The Kier molecular flexibility index (Phi) is 10.8. The summed E-state index contributed by atoms with van der Waals surface area (Å²) in [7, 11) is -16.9. The first-order valence-electron chi connectivity index (χ1n) is 8.13. The molecule has 5 atom stereocenters. The van der Waals surface area contributed by atoms with Crippen LogP contribution in [0, 0.1) is 12.3 Å². The second kappa shape index (κ2) is 11.5. The SMILES string of the molecule is C#C[C@]1(OP(=O)(OC)OP(=O)([O-])OP(=O)([O-])[O-])O[C@@H](c2cnn3c(N)ncnc23)C[C@@H]1O.[NH4+].[NH4+].[NH4+]. The zero-order chi connectivity index (χ0) is 23.9. The number of nitrogen functional groups attached to an aromatic ring is 1. The number of quaternary nitrogens is 3. The second-order valence-electron chi connectivity index (χ2n) is 6.02. The minimum Gasteiger partial charge on any atom is -0.790 e. The minimum absolute atomic E-state index is 0. The van der Waals surface area contributed by atoms with Gasteiger partial charge in [0.05, 0.1) is 20.1 Å². The van der Waals surface area contributed by atoms with Gasteiger partial charge in [0.15, 0.2) is 5.65 Å². The van der Waals surface area contributed by atoms with Crippen molar-refractivity contribution in [2.45, 2.75) is 24.4 Å². The number of hydrogen-bond acceptors (Lipinski definition) is 16. The standard InChI is InChI=1S/C12H16N5O12P3.3H3N/c1-3-12(27-32(24,25-2)29-31(22,23)28-30(19,20)21)9(18)4-8(26-12)7-5-16-17-10(7)14-6-15-11(17)13;;;/h1,5-6,8-9,18H,4H2,2H3,(H,22,23)(H2,13,14,15)(H2,19,20,21);3*1H3/t8-,9+,12-,32?;;;/m1.../s1. The van der Waals surface area contributed by atoms with Crippen molar-refractivity contribution in [2.75, 3.05) is 12.8 Å². The van der Waals surface area contributed by atoms with Gasteiger partial charge >= 0.3 is 7.82 Å². The molecule has 1 aliphatic heterocycles. The number of nitrogens with zero attached hydrogens (tertiary/aromatic N) is 4. The number of anilines is 1. The molecule has 0 aromatic carbocycles. The van der Waals surface area contributed by atoms with Gasteiger partial charge in [-0.2, -0.15) is 9.61 Å². The van der Waals surface area contributed by atoms with Crippen LogP contribution in [0.15, 0.2) is 12.5 Å². The fraction of sp³-hybridized carbons (Fsp3) is 0.417. The first kappa shape index (κ1) is 33.1. The van der Waals surface area contributed by atoms with E-state index in [2.05, 4.69) is 28.2 Å². The van der Waals surface area contributed by atoms with Gasteiger partial charge in [-0.1, -0.05) is 0 Å². The number of fused-ring (bicyclic) bond motifs is 1. The molecule has 15 N–H and O–H groups in total. The molecular formula is C12H25N8O12P3. The van der Waals surface area contributed by atoms with E-state index in [1.165, 1.54) is 6.20 Å². The molecule has 3 heterocycles. The van der Waals surface area contributed by atoms with Crippen LogP contribution in [0.4, 0.5) is 5.95 Å². The molecule has 0 amide bonds. The van der Waals surface area contributed by atoms with Gasteiger partial charge in [0.25, 0.3) is 13.6 Å². The van der Waals surface area contributed by atoms with Crippen LogP contribution in [-0.4, -0.2) is 43.7 Å². The third-order valence-corrected chi connectivity index (χ3v) is 8.11. The highest BCUT2D eigenvalue weighted by Gasteiger charge is 2.55. The predicted molar refractivity (Wildman–Crippen MR) is 112 cm³/mol. The average molecular weight is 566 g/mol. The lowest BCUT2D eigenvalue weighted by Crippen LogP contribution is -2.40. The van der Waals surface area contributed by atoms with Crippen molar-refractivity contribution in [3.05, 3.63) is 18.1 Å². The maximum absolute atomic E-state index is 12.6. The fourth-order valence-corrected chi connectivity index (χ4v) is 6.09. The van der Waals surface area contributed by atoms with E-state index in [0.29, 0.717) is 7.11 Å². The summed E-state index contributed by atoms with van der Waals surface area (Å²) in [5, 5.41) is 14.4. The van der Waals surface area contributed by atoms with E-state index in [1.54, 1.807) is 0 Å². The lowest BCUT2D eigenvalue weighted by molar-refractivity contribution is -0.339. The Morgan fingerprint density at radius 3 is 2.43 bits per heavy atom. The van der Waals surface area contributed by atoms with Crippen LogP contribution in [0.5, 0.6) is 0 Å². The summed E-state index contributed by atoms with van der Waals surface area (Å²) in [5.74, 6) is -0.746. The van der Waals surface area contributed by atoms with Crippen molar-refractivity contribution >= 4 is 35.1 Å². The summed E-state index contributed by atoms with van der Waals surface area (Å²) in [6.07, 6.45) is 4.65. The number of nitrogens with two attached hydrogens (primary N) is 1. The highest BCUT2D eigenvalue weighted by molar-refractivity contribution is 7.65. The predicted octanol–water partition coefficient (Wildman–Crippen LogP) is -0.912. The Balaban J connectivity index is 0.00000385. The molecule has 20 nitrogen and oxygen atoms in total. The quantitative estimate of drug-likeness (QED) is 0.190. The van der Waals surface area contributed by atoms with Crippen molar-refractivity contribution < 1.29 is 55.9 Å². The first-order chi connectivity index (χ1) is 14.7. The molecular weight excluding hydrogens is 541 g/mol. The molecule has 0 spiro atoms. The lowest BCUT2D eigenvalue weighted by atomic mass is 10.1. The number of phosphoric acid groups is 3. The van der Waals surface area contributed by atoms with Gasteiger partial charge < -0.3 is 53.3 Å². The summed E-state index contributed by atoms with van der Waals surface area (Å²) >= 11 is 0. The summed E-state index contributed by atoms with van der Waals surface area (Å²) in [5.41, 5.74) is 6.11. The number of aromatic nitrogens is 4. The number of rotatable bonds is 8. The zero-order valence-corrected chi connectivity index (χ0v) is 21.4. The van der Waals surface area contributed by atoms with Gasteiger partial charge in [0, 0.05) is 19.1 Å². The molecule has 1 saturated heterocycles. The molecule has 2 aromatic rings. The van der Waals surface area contributed by atoms with E-state index in [4.69, 9.17) is 21.4 Å². The molecule has 3 rings (SSSR count). The summed E-state index contributed by atoms with van der Waals surface area (Å²) in [4.78, 5) is 40.4. The maximum Gasteiger partial charge on any atom is 0.484 e. The zero-order valence-electron chi connectivity index (χ0n) is 18.7. The van der Waals surface area contributed by atoms with E-state index < -0.39 is 41.5 Å². The molecule has 35 heavy (non-hydrogen) atoms. The molecule has 1 aliphatic rings. The van der Waals surface area contributed by atoms with Crippen molar-refractivity contribution in [1.29, 1.82) is 0 Å². The van der Waals surface area contributed by atoms with E-state index in [9.17, 15) is 33.5 Å². The number of hydrogen-bond donors (Lipinski definition) is 5. The lowest BCUT2D eigenvalue weighted by Gasteiger charge is -2.37. The number of ether oxygens (including phenoxy) is 1. The smallest absolute Gasteiger partial charge is 0.484 e. The van der Waals surface area contributed by atoms with Crippen LogP contribution in [0.2, 0.25) is 0 Å². The van der Waals surface area contributed by atoms with E-state index >= 15 is 0 Å². The van der Waals surface area contributed by atoms with E-state index in [-0.39, 0.29) is 42.0 Å². The Hall–Kier alpha value is -1.88. The Labute approximate surface area is 197 Å². The molecule has 1 fully saturated rings. The van der Waals surface area contributed by atoms with Crippen LogP contribution in [0.1, 0.15) is 18.1 Å². The Bertz CT molecular complexity index is 1220. The molecule has 2 unspecified atom stereocenters. The van der Waals surface area contributed by atoms with E-state index in [0.717, 1.165) is 10.8 Å². The van der Waals surface area contributed by atoms with Crippen molar-refractivity contribution in [2.24, 2.45) is 0 Å². The van der Waals surface area contributed by atoms with E-state index in [1.807, 2.05) is 5.92 Å². The van der Waals surface area contributed by atoms with Crippen molar-refractivity contribution in [3.63, 3.8) is 0 Å². The van der Waals surface area contributed by atoms with Gasteiger partial charge in [-0.3, -0.25) is 13.4 Å². The molecule has 200 valence electrons. The normalized spacial score (nSPS) is 25.3. The van der Waals surface area contributed by atoms with Crippen LogP contribution in [0.3, 0.4) is 0 Å². The topological polar surface area (TPSA) is 365 Å². The Morgan fingerprint density at radius 2 is 1.89 bits per heavy atom. The van der Waals surface area contributed by atoms with Gasteiger partial charge in [-0.25, -0.2) is 23.4 Å². The van der Waals surface area contributed by atoms with Gasteiger partial charge in [0.2, 0.25) is 5.95 Å². The van der Waals surface area contributed by atoms with Gasteiger partial charge in [-0.15, -0.1) is 6.42 Å². The van der Waals surface area contributed by atoms with Crippen LogP contribution in [-0.2, 0) is 36.1 Å². The van der Waals surface area contributed by atoms with Crippen molar-refractivity contribution in [1.82, 2.24) is 38.0 Å². The molecule has 2 aromatic heterocycles. The van der Waals surface area contributed by atoms with Crippen LogP contribution < -0.4 is 38.9 Å². The third-order valence-electron chi connectivity index (χ3n) is 3.97. The largest absolute Gasteiger partial charge is 0.790 e. The van der Waals surface area contributed by atoms with Gasteiger partial charge in [-0.05, 0) is 5.92 Å². The van der Waals surface area contributed by atoms with Gasteiger partial charge in [0.1, 0.15) is 12.4 Å². The summed E-state index contributed by atoms with van der Waals surface area (Å²) < 4.78 is 57.9. The highest BCUT2D eigenvalue weighted by Crippen LogP contribution is 2.66. The average Bonchev–Trinajstić information content (AvgIpc) is 3.22. The monoisotopic (exact) mass is 566 g/mol. The molecule has 0 radical (unpaired) electrons. The molecule has 0 saturated carbocycles. The molecule has 23 heteroatoms. The summed E-state index contributed by atoms with van der Waals surface area (Å²) in [6, 6.07) is 0. The number of phosphoric ester groups is 1. The maximum atomic E-state index is 12.6. The van der Waals surface area contributed by atoms with Crippen molar-refractivity contribution in [3.8, 4) is 12.3 Å². The number of aliphatic hydroxyl groups is 1. The third kappa shape index (κ3) is 7.09. The molecule has 0 bridgehead atoms. The van der Waals surface area contributed by atoms with Crippen LogP contribution in [0.25, 0.3) is 5.65 Å². The summed E-state index contributed by atoms with van der Waals surface area (Å²) in [6.45, 7) is 0. The number of terminal acetylenes is 1. The second-order valence-corrected chi connectivity index (χ2v) is 10.6. The minimum atomic E-state index is -6.11. The fourth-order valence-electron chi connectivity index (χ4n) is 2.71. The molecule has 0 aliphatic carbocycles. The Morgan fingerprint density at radius 1 is 1.26 bits per heavy atom. The highest BCUT2D eigenvalue weighted by atomic mass is 31.3.